The molecule has 0 aliphatic rings. The lowest BCUT2D eigenvalue weighted by Crippen LogP contribution is -2.36. The number of carbonyl (C=O) groups is 1. The molecule has 124 valence electrons. The molecule has 0 bridgehead atoms. The Balaban J connectivity index is 1.98. The summed E-state index contributed by atoms with van der Waals surface area (Å²) in [5.74, 6) is -0.685. The highest BCUT2D eigenvalue weighted by Gasteiger charge is 2.13. The number of benzene rings is 1. The second-order valence-electron chi connectivity index (χ2n) is 5.39. The van der Waals surface area contributed by atoms with E-state index in [1.807, 2.05) is 6.07 Å². The van der Waals surface area contributed by atoms with Gasteiger partial charge < -0.3 is 5.32 Å². The molecular weight excluding hydrogens is 311 g/mol. The molecule has 0 radical (unpaired) electrons. The lowest BCUT2D eigenvalue weighted by molar-refractivity contribution is -0.121. The average molecular weight is 328 g/mol. The number of nitrogens with one attached hydrogen (secondary N) is 1. The Morgan fingerprint density at radius 1 is 1.33 bits per heavy atom. The van der Waals surface area contributed by atoms with Crippen LogP contribution in [0.5, 0.6) is 0 Å². The standard InChI is InChI=1S/C17H17FN4O2/c1-11-12(2)21-22(17(24)15(11)9-19)10-16(23)20-8-7-13-3-5-14(18)6-4-13/h3-6H,7-8,10H2,1-2H3,(H,20,23). The summed E-state index contributed by atoms with van der Waals surface area (Å²) < 4.78 is 13.8. The second kappa shape index (κ2) is 7.51. The van der Waals surface area contributed by atoms with Crippen molar-refractivity contribution in [2.45, 2.75) is 26.8 Å². The number of aromatic nitrogens is 2. The Labute approximate surface area is 138 Å². The van der Waals surface area contributed by atoms with Crippen molar-refractivity contribution >= 4 is 5.91 Å². The van der Waals surface area contributed by atoms with Crippen LogP contribution in [0.2, 0.25) is 0 Å². The summed E-state index contributed by atoms with van der Waals surface area (Å²) in [4.78, 5) is 24.0. The van der Waals surface area contributed by atoms with Crippen LogP contribution in [-0.4, -0.2) is 22.2 Å². The van der Waals surface area contributed by atoms with E-state index in [1.54, 1.807) is 26.0 Å². The molecule has 2 aromatic rings. The average Bonchev–Trinajstić information content (AvgIpc) is 2.55. The minimum atomic E-state index is -0.575. The van der Waals surface area contributed by atoms with Crippen LogP contribution in [0.25, 0.3) is 0 Å². The molecule has 0 aliphatic carbocycles. The number of hydrogen-bond donors (Lipinski definition) is 1. The second-order valence-corrected chi connectivity index (χ2v) is 5.39. The first-order valence-electron chi connectivity index (χ1n) is 7.42. The van der Waals surface area contributed by atoms with E-state index in [1.165, 1.54) is 12.1 Å². The Bertz CT molecular complexity index is 851. The van der Waals surface area contributed by atoms with Crippen LogP contribution in [0.4, 0.5) is 4.39 Å². The van der Waals surface area contributed by atoms with E-state index >= 15 is 0 Å². The highest BCUT2D eigenvalue weighted by molar-refractivity contribution is 5.75. The van der Waals surface area contributed by atoms with Crippen LogP contribution in [0.3, 0.4) is 0 Å². The fourth-order valence-corrected chi connectivity index (χ4v) is 2.20. The predicted molar refractivity (Wildman–Crippen MR) is 85.8 cm³/mol. The van der Waals surface area contributed by atoms with Gasteiger partial charge in [-0.3, -0.25) is 9.59 Å². The largest absolute Gasteiger partial charge is 0.354 e. The molecular formula is C17H17FN4O2. The van der Waals surface area contributed by atoms with Gasteiger partial charge in [0.2, 0.25) is 5.91 Å². The molecule has 24 heavy (non-hydrogen) atoms. The van der Waals surface area contributed by atoms with Crippen molar-refractivity contribution < 1.29 is 9.18 Å². The summed E-state index contributed by atoms with van der Waals surface area (Å²) in [5.41, 5.74) is 1.38. The first-order chi connectivity index (χ1) is 11.4. The summed E-state index contributed by atoms with van der Waals surface area (Å²) in [7, 11) is 0. The van der Waals surface area contributed by atoms with Crippen molar-refractivity contribution in [3.63, 3.8) is 0 Å². The van der Waals surface area contributed by atoms with Crippen LogP contribution in [0, 0.1) is 31.0 Å². The molecule has 1 N–H and O–H groups in total. The monoisotopic (exact) mass is 328 g/mol. The number of amides is 1. The van der Waals surface area contributed by atoms with Gasteiger partial charge in [-0.05, 0) is 43.5 Å². The number of aryl methyl sites for hydroxylation is 1. The Kier molecular flexibility index (Phi) is 5.42. The molecule has 0 aliphatic heterocycles. The molecule has 2 rings (SSSR count). The molecule has 1 heterocycles. The Morgan fingerprint density at radius 2 is 2.00 bits per heavy atom. The van der Waals surface area contributed by atoms with Gasteiger partial charge in [0.05, 0.1) is 5.69 Å². The number of nitrogens with zero attached hydrogens (tertiary/aromatic N) is 3. The topological polar surface area (TPSA) is 87.8 Å². The lowest BCUT2D eigenvalue weighted by Gasteiger charge is -2.09. The summed E-state index contributed by atoms with van der Waals surface area (Å²) in [6.07, 6.45) is 0.546. The van der Waals surface area contributed by atoms with Crippen LogP contribution in [0.1, 0.15) is 22.4 Å². The van der Waals surface area contributed by atoms with Crippen LogP contribution in [0.15, 0.2) is 29.1 Å². The summed E-state index contributed by atoms with van der Waals surface area (Å²) in [5, 5.41) is 15.8. The molecule has 0 unspecified atom stereocenters. The molecule has 6 nitrogen and oxygen atoms in total. The van der Waals surface area contributed by atoms with Gasteiger partial charge in [-0.15, -0.1) is 0 Å². The van der Waals surface area contributed by atoms with E-state index in [4.69, 9.17) is 5.26 Å². The number of halogens is 1. The van der Waals surface area contributed by atoms with E-state index < -0.39 is 5.56 Å². The van der Waals surface area contributed by atoms with Gasteiger partial charge in [-0.2, -0.15) is 10.4 Å². The summed E-state index contributed by atoms with van der Waals surface area (Å²) in [6, 6.07) is 7.87. The van der Waals surface area contributed by atoms with Crippen molar-refractivity contribution in [2.75, 3.05) is 6.54 Å². The molecule has 0 fully saturated rings. The third-order valence-corrected chi connectivity index (χ3v) is 3.69. The van der Waals surface area contributed by atoms with E-state index in [0.29, 0.717) is 24.2 Å². The molecule has 1 aromatic heterocycles. The van der Waals surface area contributed by atoms with Crippen molar-refractivity contribution in [1.82, 2.24) is 15.1 Å². The Hall–Kier alpha value is -3.01. The van der Waals surface area contributed by atoms with Gasteiger partial charge in [0.1, 0.15) is 24.0 Å². The summed E-state index contributed by atoms with van der Waals surface area (Å²) in [6.45, 7) is 3.43. The van der Waals surface area contributed by atoms with Crippen molar-refractivity contribution in [1.29, 1.82) is 5.26 Å². The fraction of sp³-hybridized carbons (Fsp3) is 0.294. The minimum absolute atomic E-state index is 0.00149. The normalized spacial score (nSPS) is 10.2. The van der Waals surface area contributed by atoms with Crippen molar-refractivity contribution in [3.05, 3.63) is 62.8 Å². The van der Waals surface area contributed by atoms with Crippen LogP contribution >= 0.6 is 0 Å². The summed E-state index contributed by atoms with van der Waals surface area (Å²) >= 11 is 0. The van der Waals surface area contributed by atoms with Gasteiger partial charge in [-0.25, -0.2) is 9.07 Å². The molecule has 1 aromatic carbocycles. The highest BCUT2D eigenvalue weighted by atomic mass is 19.1. The number of carbonyl (C=O) groups excluding carboxylic acids is 1. The molecule has 1 amide bonds. The third-order valence-electron chi connectivity index (χ3n) is 3.69. The molecule has 7 heteroatoms. The van der Waals surface area contributed by atoms with Gasteiger partial charge in [-0.1, -0.05) is 12.1 Å². The van der Waals surface area contributed by atoms with E-state index in [0.717, 1.165) is 10.2 Å². The van der Waals surface area contributed by atoms with Crippen LogP contribution < -0.4 is 10.9 Å². The van der Waals surface area contributed by atoms with Crippen molar-refractivity contribution in [3.8, 4) is 6.07 Å². The van der Waals surface area contributed by atoms with E-state index in [9.17, 15) is 14.0 Å². The molecule has 0 spiro atoms. The van der Waals surface area contributed by atoms with Gasteiger partial charge >= 0.3 is 0 Å². The predicted octanol–water partition coefficient (Wildman–Crippen LogP) is 1.23. The Morgan fingerprint density at radius 3 is 2.62 bits per heavy atom. The minimum Gasteiger partial charge on any atom is -0.354 e. The quantitative estimate of drug-likeness (QED) is 0.894. The maximum Gasteiger partial charge on any atom is 0.285 e. The first kappa shape index (κ1) is 17.3. The third kappa shape index (κ3) is 4.04. The zero-order valence-corrected chi connectivity index (χ0v) is 13.5. The van der Waals surface area contributed by atoms with Crippen LogP contribution in [-0.2, 0) is 17.8 Å². The fourth-order valence-electron chi connectivity index (χ4n) is 2.20. The maximum absolute atomic E-state index is 12.8. The zero-order chi connectivity index (χ0) is 17.7. The number of hydrogen-bond acceptors (Lipinski definition) is 4. The first-order valence-corrected chi connectivity index (χ1v) is 7.42. The van der Waals surface area contributed by atoms with E-state index in [2.05, 4.69) is 10.4 Å². The van der Waals surface area contributed by atoms with E-state index in [-0.39, 0.29) is 23.8 Å². The molecule has 0 atom stereocenters. The number of nitriles is 1. The zero-order valence-electron chi connectivity index (χ0n) is 13.5. The van der Waals surface area contributed by atoms with Gasteiger partial charge in [0, 0.05) is 6.54 Å². The smallest absolute Gasteiger partial charge is 0.285 e. The highest BCUT2D eigenvalue weighted by Crippen LogP contribution is 2.05. The molecule has 0 saturated carbocycles. The lowest BCUT2D eigenvalue weighted by atomic mass is 10.1. The SMILES string of the molecule is Cc1nn(CC(=O)NCCc2ccc(F)cc2)c(=O)c(C#N)c1C. The molecule has 0 saturated heterocycles. The van der Waals surface area contributed by atoms with Gasteiger partial charge in [0.25, 0.3) is 5.56 Å². The van der Waals surface area contributed by atoms with Gasteiger partial charge in [0.15, 0.2) is 0 Å². The van der Waals surface area contributed by atoms with Crippen molar-refractivity contribution in [2.24, 2.45) is 0 Å². The number of rotatable bonds is 5. The maximum atomic E-state index is 12.8.